The lowest BCUT2D eigenvalue weighted by atomic mass is 10.1. The molecule has 32 heavy (non-hydrogen) atoms. The van der Waals surface area contributed by atoms with Crippen molar-refractivity contribution in [1.82, 2.24) is 9.55 Å². The van der Waals surface area contributed by atoms with Crippen molar-refractivity contribution in [1.29, 1.82) is 0 Å². The van der Waals surface area contributed by atoms with Crippen molar-refractivity contribution in [2.45, 2.75) is 19.6 Å². The van der Waals surface area contributed by atoms with E-state index in [9.17, 15) is 18.0 Å². The van der Waals surface area contributed by atoms with Crippen LogP contribution in [0.3, 0.4) is 0 Å². The Morgan fingerprint density at radius 3 is 2.31 bits per heavy atom. The molecule has 1 heterocycles. The minimum atomic E-state index is -5.08. The molecule has 0 spiro atoms. The molecule has 0 amide bonds. The molecule has 10 heteroatoms. The molecule has 2 N–H and O–H groups in total. The quantitative estimate of drug-likeness (QED) is 0.498. The van der Waals surface area contributed by atoms with Gasteiger partial charge in [-0.1, -0.05) is 41.9 Å². The highest BCUT2D eigenvalue weighted by molar-refractivity contribution is 6.30. The van der Waals surface area contributed by atoms with Gasteiger partial charge in [0.15, 0.2) is 0 Å². The molecule has 0 radical (unpaired) electrons. The van der Waals surface area contributed by atoms with Crippen molar-refractivity contribution in [2.75, 3.05) is 0 Å². The Morgan fingerprint density at radius 2 is 1.75 bits per heavy atom. The predicted octanol–water partition coefficient (Wildman–Crippen LogP) is 5.29. The Labute approximate surface area is 186 Å². The monoisotopic (exact) mass is 466 g/mol. The smallest absolute Gasteiger partial charge is 0.478 e. The second-order valence-corrected chi connectivity index (χ2v) is 6.97. The number of carboxylic acid groups (broad SMARTS) is 2. The maximum absolute atomic E-state index is 10.6. The topological polar surface area (TPSA) is 92.4 Å². The van der Waals surface area contributed by atoms with E-state index in [1.54, 1.807) is 6.08 Å². The highest BCUT2D eigenvalue weighted by atomic mass is 35.5. The van der Waals surface area contributed by atoms with Gasteiger partial charge in [0.2, 0.25) is 0 Å². The van der Waals surface area contributed by atoms with E-state index in [4.69, 9.17) is 26.6 Å². The number of halogens is 4. The summed E-state index contributed by atoms with van der Waals surface area (Å²) in [6.45, 7) is 2.70. The van der Waals surface area contributed by atoms with Crippen molar-refractivity contribution < 1.29 is 33.0 Å². The number of carboxylic acids is 2. The highest BCUT2D eigenvalue weighted by Gasteiger charge is 2.38. The first kappa shape index (κ1) is 24.7. The van der Waals surface area contributed by atoms with Crippen LogP contribution in [0.25, 0.3) is 17.3 Å². The van der Waals surface area contributed by atoms with E-state index in [2.05, 4.69) is 9.55 Å². The van der Waals surface area contributed by atoms with E-state index in [1.165, 1.54) is 0 Å². The number of hydrogen-bond donors (Lipinski definition) is 2. The third kappa shape index (κ3) is 7.28. The van der Waals surface area contributed by atoms with E-state index in [1.807, 2.05) is 61.8 Å². The maximum Gasteiger partial charge on any atom is 0.490 e. The van der Waals surface area contributed by atoms with Gasteiger partial charge in [-0.3, -0.25) is 0 Å². The first-order valence-corrected chi connectivity index (χ1v) is 9.43. The number of imidazole rings is 1. The van der Waals surface area contributed by atoms with Crippen LogP contribution in [0.2, 0.25) is 5.02 Å². The molecule has 1 aromatic heterocycles. The zero-order valence-electron chi connectivity index (χ0n) is 16.7. The lowest BCUT2D eigenvalue weighted by Gasteiger charge is -2.07. The fourth-order valence-electron chi connectivity index (χ4n) is 2.65. The molecule has 2 aromatic carbocycles. The summed E-state index contributed by atoms with van der Waals surface area (Å²) in [5, 5.41) is 16.6. The summed E-state index contributed by atoms with van der Waals surface area (Å²) in [4.78, 5) is 24.1. The summed E-state index contributed by atoms with van der Waals surface area (Å²) in [6, 6.07) is 15.4. The average molecular weight is 467 g/mol. The number of nitrogens with zero attached hydrogens (tertiary/aromatic N) is 2. The Kier molecular flexibility index (Phi) is 8.20. The van der Waals surface area contributed by atoms with Gasteiger partial charge in [0, 0.05) is 28.9 Å². The standard InChI is InChI=1S/C20H17ClN2O2.C2HF3O2/c1-14-20(17-6-8-18(21)9-7-17)22-13-23(14)12-16-4-2-3-15(11-16)5-10-19(24)25;3-2(4,5)1(6)7/h2-11,13H,12H2,1H3,(H,24,25);(H,6,7)/b10-5+;. The van der Waals surface area contributed by atoms with Crippen LogP contribution in [0.4, 0.5) is 13.2 Å². The van der Waals surface area contributed by atoms with E-state index >= 15 is 0 Å². The Balaban J connectivity index is 0.000000451. The second-order valence-electron chi connectivity index (χ2n) is 6.53. The lowest BCUT2D eigenvalue weighted by molar-refractivity contribution is -0.192. The van der Waals surface area contributed by atoms with Crippen LogP contribution >= 0.6 is 11.6 Å². The average Bonchev–Trinajstić information content (AvgIpc) is 3.07. The van der Waals surface area contributed by atoms with Crippen LogP contribution in [-0.4, -0.2) is 37.9 Å². The second kappa shape index (κ2) is 10.6. The minimum Gasteiger partial charge on any atom is -0.478 e. The van der Waals surface area contributed by atoms with Crippen LogP contribution in [0, 0.1) is 6.92 Å². The van der Waals surface area contributed by atoms with Gasteiger partial charge in [0.25, 0.3) is 0 Å². The summed E-state index contributed by atoms with van der Waals surface area (Å²) >= 11 is 5.94. The van der Waals surface area contributed by atoms with Gasteiger partial charge in [-0.2, -0.15) is 13.2 Å². The first-order chi connectivity index (χ1) is 15.0. The zero-order chi connectivity index (χ0) is 23.9. The fraction of sp³-hybridized carbons (Fsp3) is 0.136. The molecule has 3 rings (SSSR count). The van der Waals surface area contributed by atoms with Gasteiger partial charge in [-0.05, 0) is 42.3 Å². The zero-order valence-corrected chi connectivity index (χ0v) is 17.4. The number of aliphatic carboxylic acids is 2. The van der Waals surface area contributed by atoms with Crippen LogP contribution in [0.15, 0.2) is 60.9 Å². The number of carbonyl (C=O) groups is 2. The summed E-state index contributed by atoms with van der Waals surface area (Å²) in [6.07, 6.45) is -0.537. The molecule has 0 aliphatic carbocycles. The highest BCUT2D eigenvalue weighted by Crippen LogP contribution is 2.24. The van der Waals surface area contributed by atoms with Crippen molar-refractivity contribution in [2.24, 2.45) is 0 Å². The molecule has 168 valence electrons. The molecule has 6 nitrogen and oxygen atoms in total. The third-order valence-electron chi connectivity index (χ3n) is 4.18. The lowest BCUT2D eigenvalue weighted by Crippen LogP contribution is -2.21. The summed E-state index contributed by atoms with van der Waals surface area (Å²) in [5.74, 6) is -3.71. The van der Waals surface area contributed by atoms with E-state index in [-0.39, 0.29) is 0 Å². The molecular formula is C22H18ClF3N2O4. The van der Waals surface area contributed by atoms with E-state index in [0.717, 1.165) is 34.2 Å². The Bertz CT molecular complexity index is 1120. The number of rotatable bonds is 5. The molecule has 0 bridgehead atoms. The molecule has 0 saturated carbocycles. The van der Waals surface area contributed by atoms with E-state index in [0.29, 0.717) is 11.6 Å². The fourth-order valence-corrected chi connectivity index (χ4v) is 2.78. The molecule has 0 aliphatic heterocycles. The maximum atomic E-state index is 10.6. The molecular weight excluding hydrogens is 449 g/mol. The van der Waals surface area contributed by atoms with Crippen LogP contribution in [-0.2, 0) is 16.1 Å². The largest absolute Gasteiger partial charge is 0.490 e. The van der Waals surface area contributed by atoms with Crippen LogP contribution in [0.1, 0.15) is 16.8 Å². The SMILES string of the molecule is Cc1c(-c2ccc(Cl)cc2)ncn1Cc1cccc(/C=C/C(=O)O)c1.O=C(O)C(F)(F)F. The Hall–Kier alpha value is -3.59. The normalized spacial score (nSPS) is 11.2. The van der Waals surface area contributed by atoms with Gasteiger partial charge >= 0.3 is 18.1 Å². The van der Waals surface area contributed by atoms with Crippen molar-refractivity contribution in [3.63, 3.8) is 0 Å². The van der Waals surface area contributed by atoms with Gasteiger partial charge in [0.05, 0.1) is 12.0 Å². The predicted molar refractivity (Wildman–Crippen MR) is 113 cm³/mol. The summed E-state index contributed by atoms with van der Waals surface area (Å²) < 4.78 is 33.8. The number of hydrogen-bond acceptors (Lipinski definition) is 3. The van der Waals surface area contributed by atoms with E-state index < -0.39 is 18.1 Å². The molecule has 0 aliphatic rings. The summed E-state index contributed by atoms with van der Waals surface area (Å²) in [7, 11) is 0. The van der Waals surface area contributed by atoms with Crippen molar-refractivity contribution >= 4 is 29.6 Å². The molecule has 3 aromatic rings. The molecule has 0 saturated heterocycles. The van der Waals surface area contributed by atoms with Crippen molar-refractivity contribution in [3.05, 3.63) is 82.8 Å². The number of aromatic nitrogens is 2. The van der Waals surface area contributed by atoms with Crippen molar-refractivity contribution in [3.8, 4) is 11.3 Å². The molecule has 0 unspecified atom stereocenters. The number of benzene rings is 2. The molecule has 0 fully saturated rings. The first-order valence-electron chi connectivity index (χ1n) is 9.05. The van der Waals surface area contributed by atoms with Gasteiger partial charge in [-0.25, -0.2) is 14.6 Å². The van der Waals surface area contributed by atoms with Gasteiger partial charge < -0.3 is 14.8 Å². The number of alkyl halides is 3. The van der Waals surface area contributed by atoms with Crippen LogP contribution < -0.4 is 0 Å². The third-order valence-corrected chi connectivity index (χ3v) is 4.43. The van der Waals surface area contributed by atoms with Gasteiger partial charge in [0.1, 0.15) is 0 Å². The molecule has 0 atom stereocenters. The Morgan fingerprint density at radius 1 is 1.12 bits per heavy atom. The minimum absolute atomic E-state index is 0.668. The van der Waals surface area contributed by atoms with Gasteiger partial charge in [-0.15, -0.1) is 0 Å². The summed E-state index contributed by atoms with van der Waals surface area (Å²) in [5.41, 5.74) is 4.96. The van der Waals surface area contributed by atoms with Crippen LogP contribution in [0.5, 0.6) is 0 Å².